The molecule has 0 heterocycles. The van der Waals surface area contributed by atoms with E-state index < -0.39 is 0 Å². The van der Waals surface area contributed by atoms with Crippen LogP contribution in [-0.4, -0.2) is 47.5 Å². The molecule has 0 amide bonds. The summed E-state index contributed by atoms with van der Waals surface area (Å²) >= 11 is 0. The molecule has 0 spiro atoms. The Kier molecular flexibility index (Phi) is 5.90. The molecule has 0 bridgehead atoms. The summed E-state index contributed by atoms with van der Waals surface area (Å²) in [6.45, 7) is 7.95. The van der Waals surface area contributed by atoms with Crippen molar-refractivity contribution in [3.05, 3.63) is 0 Å². The zero-order chi connectivity index (χ0) is 13.0. The third-order valence-electron chi connectivity index (χ3n) is 4.05. The summed E-state index contributed by atoms with van der Waals surface area (Å²) in [4.78, 5) is 2.14. The minimum absolute atomic E-state index is 0.151. The average molecular weight is 243 g/mol. The Morgan fingerprint density at radius 3 is 2.41 bits per heavy atom. The zero-order valence-electron chi connectivity index (χ0n) is 11.8. The summed E-state index contributed by atoms with van der Waals surface area (Å²) < 4.78 is 0. The molecule has 0 aromatic heterocycles. The van der Waals surface area contributed by atoms with Gasteiger partial charge in [0, 0.05) is 13.1 Å². The predicted molar refractivity (Wildman–Crippen MR) is 70.9 cm³/mol. The molecule has 1 aliphatic rings. The topological polar surface area (TPSA) is 43.7 Å². The van der Waals surface area contributed by atoms with Crippen LogP contribution in [0, 0.1) is 17.8 Å². The second-order valence-corrected chi connectivity index (χ2v) is 6.21. The lowest BCUT2D eigenvalue weighted by Gasteiger charge is -2.37. The van der Waals surface area contributed by atoms with Crippen molar-refractivity contribution in [2.75, 3.05) is 20.1 Å². The van der Waals surface area contributed by atoms with Crippen molar-refractivity contribution in [1.82, 2.24) is 4.90 Å². The molecular weight excluding hydrogens is 214 g/mol. The van der Waals surface area contributed by atoms with Gasteiger partial charge in [0.15, 0.2) is 0 Å². The Balaban J connectivity index is 2.44. The van der Waals surface area contributed by atoms with Crippen molar-refractivity contribution in [3.63, 3.8) is 0 Å². The lowest BCUT2D eigenvalue weighted by molar-refractivity contribution is 0.0164. The molecule has 0 aromatic carbocycles. The van der Waals surface area contributed by atoms with Gasteiger partial charge in [0.2, 0.25) is 0 Å². The number of rotatable bonds is 5. The van der Waals surface area contributed by atoms with E-state index in [1.165, 1.54) is 0 Å². The summed E-state index contributed by atoms with van der Waals surface area (Å²) in [6, 6.07) is 0. The highest BCUT2D eigenvalue weighted by molar-refractivity contribution is 4.83. The van der Waals surface area contributed by atoms with Crippen LogP contribution in [0.2, 0.25) is 0 Å². The van der Waals surface area contributed by atoms with Crippen LogP contribution in [0.25, 0.3) is 0 Å². The highest BCUT2D eigenvalue weighted by Crippen LogP contribution is 2.34. The molecule has 2 N–H and O–H groups in total. The number of nitrogens with zero attached hydrogens (tertiary/aromatic N) is 1. The summed E-state index contributed by atoms with van der Waals surface area (Å²) in [7, 11) is 2.03. The number of hydrogen-bond donors (Lipinski definition) is 2. The van der Waals surface area contributed by atoms with E-state index in [9.17, 15) is 10.2 Å². The second kappa shape index (κ2) is 6.72. The number of aliphatic hydroxyl groups is 2. The molecule has 0 saturated heterocycles. The van der Waals surface area contributed by atoms with Crippen LogP contribution in [0.15, 0.2) is 0 Å². The minimum Gasteiger partial charge on any atom is -0.393 e. The summed E-state index contributed by atoms with van der Waals surface area (Å²) in [5.74, 6) is 1.84. The van der Waals surface area contributed by atoms with Gasteiger partial charge >= 0.3 is 0 Å². The largest absolute Gasteiger partial charge is 0.393 e. The smallest absolute Gasteiger partial charge is 0.0638 e. The molecule has 3 heteroatoms. The number of likely N-dealkylation sites (N-methyl/N-ethyl adjacent to an activating group) is 1. The fourth-order valence-electron chi connectivity index (χ4n) is 3.01. The van der Waals surface area contributed by atoms with Gasteiger partial charge in [-0.25, -0.2) is 0 Å². The normalized spacial score (nSPS) is 32.1. The van der Waals surface area contributed by atoms with E-state index in [0.29, 0.717) is 18.4 Å². The van der Waals surface area contributed by atoms with E-state index in [4.69, 9.17) is 0 Å². The van der Waals surface area contributed by atoms with E-state index in [0.717, 1.165) is 31.7 Å². The van der Waals surface area contributed by atoms with E-state index >= 15 is 0 Å². The lowest BCUT2D eigenvalue weighted by Crippen LogP contribution is -2.40. The maximum absolute atomic E-state index is 10.1. The van der Waals surface area contributed by atoms with Gasteiger partial charge in [-0.3, -0.25) is 0 Å². The van der Waals surface area contributed by atoms with Gasteiger partial charge in [0.1, 0.15) is 0 Å². The van der Waals surface area contributed by atoms with Crippen LogP contribution >= 0.6 is 0 Å². The number of aliphatic hydroxyl groups excluding tert-OH is 2. The van der Waals surface area contributed by atoms with Crippen LogP contribution in [0.4, 0.5) is 0 Å². The van der Waals surface area contributed by atoms with Crippen LogP contribution < -0.4 is 0 Å². The lowest BCUT2D eigenvalue weighted by atomic mass is 9.74. The third-order valence-corrected chi connectivity index (χ3v) is 4.05. The standard InChI is InChI=1S/C14H29NO2/c1-10(2)12-5-6-14(17)13(7-12)9-15(4)8-11(3)16/h10-14,16-17H,5-9H2,1-4H3. The molecule has 102 valence electrons. The first-order valence-corrected chi connectivity index (χ1v) is 6.94. The molecule has 3 nitrogen and oxygen atoms in total. The first-order valence-electron chi connectivity index (χ1n) is 6.94. The molecule has 1 saturated carbocycles. The molecule has 1 aliphatic carbocycles. The fourth-order valence-corrected chi connectivity index (χ4v) is 3.01. The van der Waals surface area contributed by atoms with E-state index in [1.807, 2.05) is 14.0 Å². The van der Waals surface area contributed by atoms with Gasteiger partial charge < -0.3 is 15.1 Å². The molecule has 4 atom stereocenters. The molecule has 0 aromatic rings. The van der Waals surface area contributed by atoms with Crippen molar-refractivity contribution >= 4 is 0 Å². The summed E-state index contributed by atoms with van der Waals surface area (Å²) in [5.41, 5.74) is 0. The van der Waals surface area contributed by atoms with Crippen LogP contribution in [0.3, 0.4) is 0 Å². The third kappa shape index (κ3) is 4.94. The molecule has 1 fully saturated rings. The van der Waals surface area contributed by atoms with Crippen molar-refractivity contribution in [1.29, 1.82) is 0 Å². The quantitative estimate of drug-likeness (QED) is 0.773. The minimum atomic E-state index is -0.290. The van der Waals surface area contributed by atoms with Gasteiger partial charge in [-0.2, -0.15) is 0 Å². The van der Waals surface area contributed by atoms with Gasteiger partial charge in [-0.15, -0.1) is 0 Å². The zero-order valence-corrected chi connectivity index (χ0v) is 11.8. The second-order valence-electron chi connectivity index (χ2n) is 6.21. The molecule has 0 aliphatic heterocycles. The molecular formula is C14H29NO2. The highest BCUT2D eigenvalue weighted by Gasteiger charge is 2.31. The predicted octanol–water partition coefficient (Wildman–Crippen LogP) is 1.73. The van der Waals surface area contributed by atoms with Gasteiger partial charge in [-0.1, -0.05) is 13.8 Å². The molecule has 0 radical (unpaired) electrons. The Hall–Kier alpha value is -0.120. The molecule has 1 rings (SSSR count). The first-order chi connectivity index (χ1) is 7.90. The average Bonchev–Trinajstić information content (AvgIpc) is 2.19. The van der Waals surface area contributed by atoms with Gasteiger partial charge in [-0.05, 0) is 51.0 Å². The Morgan fingerprint density at radius 2 is 1.88 bits per heavy atom. The fraction of sp³-hybridized carbons (Fsp3) is 1.00. The van der Waals surface area contributed by atoms with Gasteiger partial charge in [0.05, 0.1) is 12.2 Å². The SMILES string of the molecule is CC(O)CN(C)CC1CC(C(C)C)CCC1O. The van der Waals surface area contributed by atoms with E-state index in [-0.39, 0.29) is 12.2 Å². The summed E-state index contributed by atoms with van der Waals surface area (Å²) in [5, 5.41) is 19.4. The first kappa shape index (κ1) is 14.9. The van der Waals surface area contributed by atoms with Crippen molar-refractivity contribution in [2.24, 2.45) is 17.8 Å². The monoisotopic (exact) mass is 243 g/mol. The number of hydrogen-bond acceptors (Lipinski definition) is 3. The maximum Gasteiger partial charge on any atom is 0.0638 e. The van der Waals surface area contributed by atoms with E-state index in [2.05, 4.69) is 18.7 Å². The Labute approximate surface area is 106 Å². The molecule has 4 unspecified atom stereocenters. The highest BCUT2D eigenvalue weighted by atomic mass is 16.3. The maximum atomic E-state index is 10.1. The Morgan fingerprint density at radius 1 is 1.24 bits per heavy atom. The van der Waals surface area contributed by atoms with Crippen LogP contribution in [0.1, 0.15) is 40.0 Å². The van der Waals surface area contributed by atoms with E-state index in [1.54, 1.807) is 0 Å². The van der Waals surface area contributed by atoms with Crippen LogP contribution in [-0.2, 0) is 0 Å². The Bertz CT molecular complexity index is 218. The van der Waals surface area contributed by atoms with Crippen molar-refractivity contribution in [3.8, 4) is 0 Å². The summed E-state index contributed by atoms with van der Waals surface area (Å²) in [6.07, 6.45) is 2.79. The van der Waals surface area contributed by atoms with Crippen LogP contribution in [0.5, 0.6) is 0 Å². The van der Waals surface area contributed by atoms with Gasteiger partial charge in [0.25, 0.3) is 0 Å². The van der Waals surface area contributed by atoms with Crippen molar-refractivity contribution < 1.29 is 10.2 Å². The van der Waals surface area contributed by atoms with Crippen molar-refractivity contribution in [2.45, 2.75) is 52.2 Å². The molecule has 17 heavy (non-hydrogen) atoms.